The van der Waals surface area contributed by atoms with E-state index in [9.17, 15) is 0 Å². The molecule has 1 N–H and O–H groups in total. The molecule has 0 aliphatic rings. The monoisotopic (exact) mass is 157 g/mol. The Balaban J connectivity index is 4.13. The van der Waals surface area contributed by atoms with E-state index in [2.05, 4.69) is 53.8 Å². The third-order valence-electron chi connectivity index (χ3n) is 2.14. The van der Waals surface area contributed by atoms with Gasteiger partial charge in [0.25, 0.3) is 0 Å². The van der Waals surface area contributed by atoms with Crippen LogP contribution in [0.2, 0.25) is 0 Å². The standard InChI is InChI=1S/C10H23N/c1-8(2)10(6,7)11-9(3,4)5/h8,11H,1-7H3. The van der Waals surface area contributed by atoms with E-state index in [0.29, 0.717) is 5.92 Å². The molecule has 0 saturated heterocycles. The van der Waals surface area contributed by atoms with E-state index >= 15 is 0 Å². The van der Waals surface area contributed by atoms with Crippen LogP contribution >= 0.6 is 0 Å². The Morgan fingerprint density at radius 2 is 1.27 bits per heavy atom. The summed E-state index contributed by atoms with van der Waals surface area (Å²) < 4.78 is 0. The van der Waals surface area contributed by atoms with Crippen LogP contribution < -0.4 is 5.32 Å². The van der Waals surface area contributed by atoms with E-state index < -0.39 is 0 Å². The molecule has 0 aliphatic heterocycles. The highest BCUT2D eigenvalue weighted by Crippen LogP contribution is 2.18. The minimum absolute atomic E-state index is 0.216. The van der Waals surface area contributed by atoms with Gasteiger partial charge in [-0.2, -0.15) is 0 Å². The molecule has 0 fully saturated rings. The van der Waals surface area contributed by atoms with Crippen molar-refractivity contribution in [2.45, 2.75) is 59.5 Å². The highest BCUT2D eigenvalue weighted by atomic mass is 15.0. The van der Waals surface area contributed by atoms with Crippen LogP contribution in [0.25, 0.3) is 0 Å². The quantitative estimate of drug-likeness (QED) is 0.650. The van der Waals surface area contributed by atoms with Crippen molar-refractivity contribution >= 4 is 0 Å². The lowest BCUT2D eigenvalue weighted by Gasteiger charge is -2.38. The minimum atomic E-state index is 0.216. The number of nitrogens with one attached hydrogen (secondary N) is 1. The maximum atomic E-state index is 3.59. The molecule has 0 aromatic rings. The molecule has 0 aromatic carbocycles. The number of hydrogen-bond donors (Lipinski definition) is 1. The molecule has 0 spiro atoms. The van der Waals surface area contributed by atoms with Crippen molar-refractivity contribution in [3.8, 4) is 0 Å². The molecule has 0 saturated carbocycles. The second kappa shape index (κ2) is 3.14. The van der Waals surface area contributed by atoms with Crippen LogP contribution in [0, 0.1) is 5.92 Å². The van der Waals surface area contributed by atoms with Gasteiger partial charge in [-0.25, -0.2) is 0 Å². The van der Waals surface area contributed by atoms with E-state index in [4.69, 9.17) is 0 Å². The second-order valence-electron chi connectivity index (χ2n) is 5.25. The Morgan fingerprint density at radius 1 is 0.909 bits per heavy atom. The van der Waals surface area contributed by atoms with Crippen LogP contribution in [0.15, 0.2) is 0 Å². The van der Waals surface area contributed by atoms with Crippen LogP contribution in [-0.2, 0) is 0 Å². The Morgan fingerprint density at radius 3 is 1.36 bits per heavy atom. The topological polar surface area (TPSA) is 12.0 Å². The highest BCUT2D eigenvalue weighted by molar-refractivity contribution is 4.87. The molecule has 1 nitrogen and oxygen atoms in total. The maximum Gasteiger partial charge on any atom is 0.0152 e. The molecule has 0 amide bonds. The van der Waals surface area contributed by atoms with Gasteiger partial charge in [-0.05, 0) is 40.5 Å². The van der Waals surface area contributed by atoms with E-state index in [1.54, 1.807) is 0 Å². The SMILES string of the molecule is CC(C)C(C)(C)NC(C)(C)C. The molecule has 0 aliphatic carbocycles. The van der Waals surface area contributed by atoms with Crippen molar-refractivity contribution in [3.05, 3.63) is 0 Å². The molecule has 0 radical (unpaired) electrons. The maximum absolute atomic E-state index is 3.59. The zero-order chi connectivity index (χ0) is 9.28. The summed E-state index contributed by atoms with van der Waals surface area (Å²) in [6.07, 6.45) is 0. The summed E-state index contributed by atoms with van der Waals surface area (Å²) in [7, 11) is 0. The van der Waals surface area contributed by atoms with E-state index in [0.717, 1.165) is 0 Å². The fraction of sp³-hybridized carbons (Fsp3) is 1.00. The van der Waals surface area contributed by atoms with Crippen molar-refractivity contribution in [1.82, 2.24) is 5.32 Å². The largest absolute Gasteiger partial charge is 0.307 e. The second-order valence-corrected chi connectivity index (χ2v) is 5.25. The number of hydrogen-bond acceptors (Lipinski definition) is 1. The van der Waals surface area contributed by atoms with Crippen molar-refractivity contribution in [2.24, 2.45) is 5.92 Å². The molecule has 0 aromatic heterocycles. The summed E-state index contributed by atoms with van der Waals surface area (Å²) in [6.45, 7) is 15.6. The van der Waals surface area contributed by atoms with E-state index in [1.807, 2.05) is 0 Å². The Bertz CT molecular complexity index is 117. The Kier molecular flexibility index (Phi) is 3.13. The molecule has 11 heavy (non-hydrogen) atoms. The third kappa shape index (κ3) is 4.41. The van der Waals surface area contributed by atoms with Gasteiger partial charge in [0, 0.05) is 11.1 Å². The molecule has 0 heterocycles. The number of rotatable bonds is 2. The van der Waals surface area contributed by atoms with Gasteiger partial charge in [-0.1, -0.05) is 13.8 Å². The molecular weight excluding hydrogens is 134 g/mol. The van der Waals surface area contributed by atoms with Gasteiger partial charge in [-0.3, -0.25) is 0 Å². The lowest BCUT2D eigenvalue weighted by atomic mass is 9.88. The fourth-order valence-corrected chi connectivity index (χ4v) is 1.11. The minimum Gasteiger partial charge on any atom is -0.307 e. The first-order valence-corrected chi connectivity index (χ1v) is 4.44. The predicted molar refractivity (Wildman–Crippen MR) is 51.8 cm³/mol. The summed E-state index contributed by atoms with van der Waals surface area (Å²) in [6, 6.07) is 0. The Labute approximate surface area is 71.6 Å². The first-order chi connectivity index (χ1) is 4.65. The average molecular weight is 157 g/mol. The van der Waals surface area contributed by atoms with Gasteiger partial charge >= 0.3 is 0 Å². The molecule has 0 atom stereocenters. The predicted octanol–water partition coefficient (Wildman–Crippen LogP) is 2.81. The molecule has 0 unspecified atom stereocenters. The summed E-state index contributed by atoms with van der Waals surface area (Å²) in [5.74, 6) is 0.668. The smallest absolute Gasteiger partial charge is 0.0152 e. The molecule has 0 bridgehead atoms. The average Bonchev–Trinajstić information content (AvgIpc) is 1.56. The lowest BCUT2D eigenvalue weighted by molar-refractivity contribution is 0.220. The van der Waals surface area contributed by atoms with Gasteiger partial charge in [0.2, 0.25) is 0 Å². The Hall–Kier alpha value is -0.0400. The normalized spacial score (nSPS) is 14.2. The summed E-state index contributed by atoms with van der Waals surface area (Å²) >= 11 is 0. The third-order valence-corrected chi connectivity index (χ3v) is 2.14. The molecular formula is C10H23N. The zero-order valence-electron chi connectivity index (χ0n) is 9.08. The van der Waals surface area contributed by atoms with Crippen LogP contribution in [0.3, 0.4) is 0 Å². The fourth-order valence-electron chi connectivity index (χ4n) is 1.11. The van der Waals surface area contributed by atoms with Gasteiger partial charge in [0.05, 0.1) is 0 Å². The van der Waals surface area contributed by atoms with Gasteiger partial charge in [-0.15, -0.1) is 0 Å². The summed E-state index contributed by atoms with van der Waals surface area (Å²) in [5.41, 5.74) is 0.450. The van der Waals surface area contributed by atoms with Crippen molar-refractivity contribution in [3.63, 3.8) is 0 Å². The van der Waals surface area contributed by atoms with Crippen LogP contribution in [0.4, 0.5) is 0 Å². The summed E-state index contributed by atoms with van der Waals surface area (Å²) in [5, 5.41) is 3.59. The molecule has 68 valence electrons. The van der Waals surface area contributed by atoms with Gasteiger partial charge in [0.1, 0.15) is 0 Å². The van der Waals surface area contributed by atoms with Crippen LogP contribution in [-0.4, -0.2) is 11.1 Å². The van der Waals surface area contributed by atoms with E-state index in [-0.39, 0.29) is 11.1 Å². The summed E-state index contributed by atoms with van der Waals surface area (Å²) in [4.78, 5) is 0. The molecule has 1 heteroatoms. The lowest BCUT2D eigenvalue weighted by Crippen LogP contribution is -2.53. The molecule has 0 rings (SSSR count). The van der Waals surface area contributed by atoms with Crippen molar-refractivity contribution in [2.75, 3.05) is 0 Å². The van der Waals surface area contributed by atoms with Gasteiger partial charge in [0.15, 0.2) is 0 Å². The first-order valence-electron chi connectivity index (χ1n) is 4.44. The zero-order valence-corrected chi connectivity index (χ0v) is 9.08. The van der Waals surface area contributed by atoms with Crippen LogP contribution in [0.1, 0.15) is 48.5 Å². The van der Waals surface area contributed by atoms with E-state index in [1.165, 1.54) is 0 Å². The van der Waals surface area contributed by atoms with Gasteiger partial charge < -0.3 is 5.32 Å². The van der Waals surface area contributed by atoms with Crippen molar-refractivity contribution in [1.29, 1.82) is 0 Å². The van der Waals surface area contributed by atoms with Crippen LogP contribution in [0.5, 0.6) is 0 Å². The first kappa shape index (κ1) is 11.0. The highest BCUT2D eigenvalue weighted by Gasteiger charge is 2.26. The van der Waals surface area contributed by atoms with Crippen molar-refractivity contribution < 1.29 is 0 Å².